The van der Waals surface area contributed by atoms with E-state index in [9.17, 15) is 9.59 Å². The van der Waals surface area contributed by atoms with Crippen LogP contribution >= 0.6 is 11.6 Å². The maximum absolute atomic E-state index is 11.6. The van der Waals surface area contributed by atoms with Crippen molar-refractivity contribution in [3.05, 3.63) is 29.3 Å². The molecule has 0 aromatic heterocycles. The van der Waals surface area contributed by atoms with Gasteiger partial charge < -0.3 is 15.7 Å². The van der Waals surface area contributed by atoms with Gasteiger partial charge in [-0.3, -0.25) is 4.79 Å². The van der Waals surface area contributed by atoms with Crippen molar-refractivity contribution in [2.75, 3.05) is 11.9 Å². The summed E-state index contributed by atoms with van der Waals surface area (Å²) in [6, 6.07) is 6.56. The van der Waals surface area contributed by atoms with Crippen LogP contribution in [0.1, 0.15) is 26.2 Å². The zero-order valence-corrected chi connectivity index (χ0v) is 12.1. The highest BCUT2D eigenvalue weighted by atomic mass is 35.5. The van der Waals surface area contributed by atoms with E-state index in [4.69, 9.17) is 16.7 Å². The molecule has 0 saturated heterocycles. The predicted molar refractivity (Wildman–Crippen MR) is 79.1 cm³/mol. The van der Waals surface area contributed by atoms with E-state index in [1.165, 1.54) is 0 Å². The van der Waals surface area contributed by atoms with Gasteiger partial charge in [-0.1, -0.05) is 18.5 Å². The summed E-state index contributed by atoms with van der Waals surface area (Å²) in [6.07, 6.45) is 1.54. The van der Waals surface area contributed by atoms with Gasteiger partial charge >= 0.3 is 12.0 Å². The SMILES string of the molecule is CC(CCNC(=O)Nc1ccc(Cl)cc1)CCC(=O)O. The molecule has 1 atom stereocenters. The number of anilines is 1. The lowest BCUT2D eigenvalue weighted by Gasteiger charge is -2.11. The number of amides is 2. The molecule has 1 aromatic carbocycles. The van der Waals surface area contributed by atoms with E-state index in [1.54, 1.807) is 24.3 Å². The van der Waals surface area contributed by atoms with Crippen molar-refractivity contribution in [3.8, 4) is 0 Å². The van der Waals surface area contributed by atoms with Crippen molar-refractivity contribution in [2.45, 2.75) is 26.2 Å². The number of urea groups is 1. The van der Waals surface area contributed by atoms with Gasteiger partial charge in [0.25, 0.3) is 0 Å². The summed E-state index contributed by atoms with van der Waals surface area (Å²) in [6.45, 7) is 2.49. The molecule has 0 fully saturated rings. The largest absolute Gasteiger partial charge is 0.481 e. The Labute approximate surface area is 123 Å². The Bertz CT molecular complexity index is 448. The summed E-state index contributed by atoms with van der Waals surface area (Å²) in [5.41, 5.74) is 0.672. The molecule has 110 valence electrons. The van der Waals surface area contributed by atoms with Gasteiger partial charge in [0, 0.05) is 23.7 Å². The normalized spacial score (nSPS) is 11.7. The van der Waals surface area contributed by atoms with E-state index in [2.05, 4.69) is 10.6 Å². The molecule has 2 amide bonds. The number of halogens is 1. The van der Waals surface area contributed by atoms with Gasteiger partial charge in [-0.25, -0.2) is 4.79 Å². The lowest BCUT2D eigenvalue weighted by atomic mass is 10.0. The van der Waals surface area contributed by atoms with E-state index in [0.29, 0.717) is 23.7 Å². The Hall–Kier alpha value is -1.75. The standard InChI is InChI=1S/C14H19ClN2O3/c1-10(2-7-13(18)19)8-9-16-14(20)17-12-5-3-11(15)4-6-12/h3-6,10H,2,7-9H2,1H3,(H,18,19)(H2,16,17,20). The van der Waals surface area contributed by atoms with Gasteiger partial charge in [-0.15, -0.1) is 0 Å². The molecule has 1 unspecified atom stereocenters. The highest BCUT2D eigenvalue weighted by molar-refractivity contribution is 6.30. The second-order valence-corrected chi connectivity index (χ2v) is 5.15. The third kappa shape index (κ3) is 6.99. The second kappa shape index (κ2) is 8.43. The topological polar surface area (TPSA) is 78.4 Å². The van der Waals surface area contributed by atoms with Gasteiger partial charge in [0.2, 0.25) is 0 Å². The van der Waals surface area contributed by atoms with Crippen molar-refractivity contribution >= 4 is 29.3 Å². The Morgan fingerprint density at radius 1 is 1.25 bits per heavy atom. The highest BCUT2D eigenvalue weighted by Crippen LogP contribution is 2.13. The van der Waals surface area contributed by atoms with Gasteiger partial charge in [-0.05, 0) is 43.0 Å². The minimum absolute atomic E-state index is 0.165. The molecule has 3 N–H and O–H groups in total. The number of carboxylic acids is 1. The molecular weight excluding hydrogens is 280 g/mol. The third-order valence-electron chi connectivity index (χ3n) is 2.88. The summed E-state index contributed by atoms with van der Waals surface area (Å²) < 4.78 is 0. The fourth-order valence-electron chi connectivity index (χ4n) is 1.65. The maximum Gasteiger partial charge on any atom is 0.319 e. The van der Waals surface area contributed by atoms with Crippen molar-refractivity contribution < 1.29 is 14.7 Å². The molecule has 0 radical (unpaired) electrons. The minimum atomic E-state index is -0.787. The van der Waals surface area contributed by atoms with Gasteiger partial charge in [0.15, 0.2) is 0 Å². The monoisotopic (exact) mass is 298 g/mol. The maximum atomic E-state index is 11.6. The molecule has 0 spiro atoms. The summed E-state index contributed by atoms with van der Waals surface area (Å²) in [5.74, 6) is -0.521. The van der Waals surface area contributed by atoms with E-state index in [0.717, 1.165) is 6.42 Å². The molecule has 0 aliphatic rings. The Kier molecular flexibility index (Phi) is 6.87. The molecule has 1 aromatic rings. The first-order valence-corrected chi connectivity index (χ1v) is 6.87. The van der Waals surface area contributed by atoms with Crippen LogP contribution in [0.5, 0.6) is 0 Å². The van der Waals surface area contributed by atoms with Gasteiger partial charge in [-0.2, -0.15) is 0 Å². The van der Waals surface area contributed by atoms with Crippen LogP contribution in [-0.2, 0) is 4.79 Å². The molecule has 0 aliphatic carbocycles. The number of rotatable bonds is 7. The molecule has 0 bridgehead atoms. The number of carboxylic acid groups (broad SMARTS) is 1. The zero-order chi connectivity index (χ0) is 15.0. The van der Waals surface area contributed by atoms with Crippen molar-refractivity contribution in [1.29, 1.82) is 0 Å². The smallest absolute Gasteiger partial charge is 0.319 e. The summed E-state index contributed by atoms with van der Waals surface area (Å²) in [7, 11) is 0. The molecule has 0 aliphatic heterocycles. The fraction of sp³-hybridized carbons (Fsp3) is 0.429. The lowest BCUT2D eigenvalue weighted by molar-refractivity contribution is -0.137. The molecule has 0 heterocycles. The van der Waals surface area contributed by atoms with Crippen LogP contribution in [-0.4, -0.2) is 23.7 Å². The first kappa shape index (κ1) is 16.3. The predicted octanol–water partition coefficient (Wildman–Crippen LogP) is 3.35. The average Bonchev–Trinajstić information content (AvgIpc) is 2.39. The molecule has 5 nitrogen and oxygen atoms in total. The van der Waals surface area contributed by atoms with Gasteiger partial charge in [0.05, 0.1) is 0 Å². The molecule has 0 saturated carbocycles. The Morgan fingerprint density at radius 3 is 2.50 bits per heavy atom. The van der Waals surface area contributed by atoms with Crippen molar-refractivity contribution in [3.63, 3.8) is 0 Å². The van der Waals surface area contributed by atoms with Crippen LogP contribution in [0.15, 0.2) is 24.3 Å². The van der Waals surface area contributed by atoms with Gasteiger partial charge in [0.1, 0.15) is 0 Å². The van der Waals surface area contributed by atoms with Crippen LogP contribution in [0, 0.1) is 5.92 Å². The minimum Gasteiger partial charge on any atom is -0.481 e. The number of nitrogens with one attached hydrogen (secondary N) is 2. The molecule has 6 heteroatoms. The molecular formula is C14H19ClN2O3. The first-order valence-electron chi connectivity index (χ1n) is 6.49. The van der Waals surface area contributed by atoms with E-state index < -0.39 is 5.97 Å². The second-order valence-electron chi connectivity index (χ2n) is 4.71. The number of hydrogen-bond acceptors (Lipinski definition) is 2. The van der Waals surface area contributed by atoms with Crippen molar-refractivity contribution in [2.24, 2.45) is 5.92 Å². The highest BCUT2D eigenvalue weighted by Gasteiger charge is 2.06. The molecule has 1 rings (SSSR count). The number of hydrogen-bond donors (Lipinski definition) is 3. The third-order valence-corrected chi connectivity index (χ3v) is 3.13. The fourth-order valence-corrected chi connectivity index (χ4v) is 1.78. The first-order chi connectivity index (χ1) is 9.47. The van der Waals surface area contributed by atoms with E-state index in [1.807, 2.05) is 6.92 Å². The van der Waals surface area contributed by atoms with E-state index >= 15 is 0 Å². The summed E-state index contributed by atoms with van der Waals surface area (Å²) in [5, 5.41) is 14.6. The number of aliphatic carboxylic acids is 1. The lowest BCUT2D eigenvalue weighted by Crippen LogP contribution is -2.30. The quantitative estimate of drug-likeness (QED) is 0.722. The molecule has 20 heavy (non-hydrogen) atoms. The van der Waals surface area contributed by atoms with Crippen LogP contribution in [0.4, 0.5) is 10.5 Å². The van der Waals surface area contributed by atoms with Crippen LogP contribution < -0.4 is 10.6 Å². The van der Waals surface area contributed by atoms with Crippen LogP contribution in [0.2, 0.25) is 5.02 Å². The van der Waals surface area contributed by atoms with Crippen LogP contribution in [0.25, 0.3) is 0 Å². The number of carbonyl (C=O) groups is 2. The summed E-state index contributed by atoms with van der Waals surface area (Å²) >= 11 is 5.75. The Balaban J connectivity index is 2.20. The number of carbonyl (C=O) groups excluding carboxylic acids is 1. The Morgan fingerprint density at radius 2 is 1.90 bits per heavy atom. The van der Waals surface area contributed by atoms with Crippen LogP contribution in [0.3, 0.4) is 0 Å². The average molecular weight is 299 g/mol. The van der Waals surface area contributed by atoms with E-state index in [-0.39, 0.29) is 18.4 Å². The number of benzene rings is 1. The summed E-state index contributed by atoms with van der Waals surface area (Å²) in [4.78, 5) is 22.0. The zero-order valence-electron chi connectivity index (χ0n) is 11.4. The van der Waals surface area contributed by atoms with Crippen molar-refractivity contribution in [1.82, 2.24) is 5.32 Å².